The fourth-order valence-electron chi connectivity index (χ4n) is 4.15. The predicted molar refractivity (Wildman–Crippen MR) is 130 cm³/mol. The van der Waals surface area contributed by atoms with Gasteiger partial charge >= 0.3 is 0 Å². The summed E-state index contributed by atoms with van der Waals surface area (Å²) < 4.78 is 0. The highest BCUT2D eigenvalue weighted by molar-refractivity contribution is 5.71. The van der Waals surface area contributed by atoms with Crippen LogP contribution in [0.5, 0.6) is 11.5 Å². The second-order valence-corrected chi connectivity index (χ2v) is 9.96. The smallest absolute Gasteiger partial charge is 0.122 e. The minimum atomic E-state index is 0.303. The topological polar surface area (TPSA) is 40.5 Å². The van der Waals surface area contributed by atoms with Gasteiger partial charge in [0.1, 0.15) is 11.5 Å². The Morgan fingerprint density at radius 1 is 0.600 bits per heavy atom. The molecular formula is C28H42O2. The fraction of sp³-hybridized carbons (Fsp3) is 0.571. The van der Waals surface area contributed by atoms with E-state index < -0.39 is 0 Å². The lowest BCUT2D eigenvalue weighted by atomic mass is 9.85. The molecule has 0 radical (unpaired) electrons. The van der Waals surface area contributed by atoms with Crippen molar-refractivity contribution in [1.82, 2.24) is 0 Å². The van der Waals surface area contributed by atoms with E-state index in [1.807, 2.05) is 0 Å². The summed E-state index contributed by atoms with van der Waals surface area (Å²) in [5.41, 5.74) is 6.42. The molecule has 0 saturated heterocycles. The van der Waals surface area contributed by atoms with Crippen LogP contribution in [0.1, 0.15) is 102 Å². The number of phenols is 2. The first kappa shape index (κ1) is 24.3. The van der Waals surface area contributed by atoms with Crippen molar-refractivity contribution >= 4 is 0 Å². The van der Waals surface area contributed by atoms with Crippen LogP contribution in [0.25, 0.3) is 11.1 Å². The number of hydrogen-bond donors (Lipinski definition) is 2. The zero-order valence-corrected chi connectivity index (χ0v) is 20.3. The molecule has 166 valence electrons. The molecule has 0 fully saturated rings. The molecule has 0 heterocycles. The summed E-state index contributed by atoms with van der Waals surface area (Å²) in [5.74, 6) is 2.48. The molecule has 0 aliphatic carbocycles. The maximum Gasteiger partial charge on any atom is 0.122 e. The molecule has 2 rings (SSSR count). The summed E-state index contributed by atoms with van der Waals surface area (Å²) in [6, 6.07) is 8.65. The van der Waals surface area contributed by atoms with Gasteiger partial charge in [0.2, 0.25) is 0 Å². The lowest BCUT2D eigenvalue weighted by Crippen LogP contribution is -2.03. The van der Waals surface area contributed by atoms with Crippen LogP contribution in [0.2, 0.25) is 0 Å². The van der Waals surface area contributed by atoms with Crippen LogP contribution in [-0.4, -0.2) is 10.2 Å². The van der Waals surface area contributed by atoms with Crippen molar-refractivity contribution in [1.29, 1.82) is 0 Å². The Balaban J connectivity index is 2.74. The van der Waals surface area contributed by atoms with E-state index in [0.717, 1.165) is 59.1 Å². The van der Waals surface area contributed by atoms with Crippen LogP contribution in [0, 0.1) is 11.8 Å². The van der Waals surface area contributed by atoms with Gasteiger partial charge in [-0.1, -0.05) is 55.4 Å². The average Bonchev–Trinajstić information content (AvgIpc) is 2.69. The Morgan fingerprint density at radius 2 is 0.933 bits per heavy atom. The summed E-state index contributed by atoms with van der Waals surface area (Å²) in [4.78, 5) is 0. The average molecular weight is 411 g/mol. The number of aromatic hydroxyl groups is 2. The van der Waals surface area contributed by atoms with E-state index in [1.54, 1.807) is 0 Å². The number of rotatable bonds is 9. The quantitative estimate of drug-likeness (QED) is 0.437. The molecule has 0 amide bonds. The molecule has 0 aromatic heterocycles. The van der Waals surface area contributed by atoms with Crippen molar-refractivity contribution in [2.24, 2.45) is 11.8 Å². The minimum absolute atomic E-state index is 0.303. The van der Waals surface area contributed by atoms with Gasteiger partial charge < -0.3 is 10.2 Å². The summed E-state index contributed by atoms with van der Waals surface area (Å²) in [7, 11) is 0. The Kier molecular flexibility index (Phi) is 8.41. The van der Waals surface area contributed by atoms with Crippen LogP contribution in [-0.2, 0) is 12.8 Å². The Hall–Kier alpha value is -1.96. The van der Waals surface area contributed by atoms with E-state index >= 15 is 0 Å². The van der Waals surface area contributed by atoms with E-state index in [-0.39, 0.29) is 0 Å². The van der Waals surface area contributed by atoms with E-state index in [2.05, 4.69) is 79.7 Å². The van der Waals surface area contributed by atoms with E-state index in [1.165, 1.54) is 0 Å². The molecule has 2 heteroatoms. The van der Waals surface area contributed by atoms with Crippen molar-refractivity contribution in [3.63, 3.8) is 0 Å². The summed E-state index contributed by atoms with van der Waals surface area (Å²) in [6.45, 7) is 17.5. The van der Waals surface area contributed by atoms with Gasteiger partial charge in [0, 0.05) is 0 Å². The van der Waals surface area contributed by atoms with Crippen molar-refractivity contribution in [3.05, 3.63) is 46.5 Å². The molecule has 2 aromatic carbocycles. The predicted octanol–water partition coefficient (Wildman–Crippen LogP) is 8.19. The molecule has 2 N–H and O–H groups in total. The molecule has 0 saturated carbocycles. The standard InChI is InChI=1S/C28H42O2/c1-9-19(7)25-15-21(13-23(27(25)29)11-17(3)4)22-14-24(12-18(5)6)28(30)26(16-22)20(8)10-2/h13-20,29-30H,9-12H2,1-8H3. The maximum absolute atomic E-state index is 11.0. The molecule has 2 unspecified atom stereocenters. The van der Waals surface area contributed by atoms with Gasteiger partial charge in [-0.2, -0.15) is 0 Å². The molecule has 0 spiro atoms. The van der Waals surface area contributed by atoms with Crippen LogP contribution in [0.3, 0.4) is 0 Å². The molecule has 0 aliphatic rings. The van der Waals surface area contributed by atoms with Crippen molar-refractivity contribution in [2.75, 3.05) is 0 Å². The van der Waals surface area contributed by atoms with Gasteiger partial charge in [-0.05, 0) is 107 Å². The highest BCUT2D eigenvalue weighted by atomic mass is 16.3. The van der Waals surface area contributed by atoms with Crippen molar-refractivity contribution in [2.45, 2.75) is 92.9 Å². The van der Waals surface area contributed by atoms with Gasteiger partial charge in [-0.15, -0.1) is 0 Å². The normalized spacial score (nSPS) is 13.8. The number of hydrogen-bond acceptors (Lipinski definition) is 2. The summed E-state index contributed by atoms with van der Waals surface area (Å²) in [5, 5.41) is 21.9. The van der Waals surface area contributed by atoms with E-state index in [9.17, 15) is 10.2 Å². The van der Waals surface area contributed by atoms with Crippen LogP contribution >= 0.6 is 0 Å². The molecular weight excluding hydrogens is 368 g/mol. The second-order valence-electron chi connectivity index (χ2n) is 9.96. The highest BCUT2D eigenvalue weighted by Gasteiger charge is 2.19. The minimum Gasteiger partial charge on any atom is -0.507 e. The third-order valence-electron chi connectivity index (χ3n) is 6.31. The summed E-state index contributed by atoms with van der Waals surface area (Å²) in [6.07, 6.45) is 3.70. The van der Waals surface area contributed by atoms with Gasteiger partial charge in [-0.25, -0.2) is 0 Å². The van der Waals surface area contributed by atoms with E-state index in [0.29, 0.717) is 35.2 Å². The van der Waals surface area contributed by atoms with Crippen molar-refractivity contribution in [3.8, 4) is 22.6 Å². The monoisotopic (exact) mass is 410 g/mol. The summed E-state index contributed by atoms with van der Waals surface area (Å²) >= 11 is 0. The van der Waals surface area contributed by atoms with Gasteiger partial charge in [-0.3, -0.25) is 0 Å². The second kappa shape index (κ2) is 10.4. The molecule has 0 aliphatic heterocycles. The Morgan fingerprint density at radius 3 is 1.20 bits per heavy atom. The SMILES string of the molecule is CCC(C)c1cc(-c2cc(CC(C)C)c(O)c(C(C)CC)c2)cc(CC(C)C)c1O. The van der Waals surface area contributed by atoms with E-state index in [4.69, 9.17) is 0 Å². The van der Waals surface area contributed by atoms with Crippen LogP contribution in [0.4, 0.5) is 0 Å². The third kappa shape index (κ3) is 5.59. The first-order valence-corrected chi connectivity index (χ1v) is 11.8. The molecule has 0 bridgehead atoms. The lowest BCUT2D eigenvalue weighted by molar-refractivity contribution is 0.449. The Labute approximate surface area is 184 Å². The van der Waals surface area contributed by atoms with Crippen LogP contribution < -0.4 is 0 Å². The largest absolute Gasteiger partial charge is 0.507 e. The zero-order valence-electron chi connectivity index (χ0n) is 20.3. The van der Waals surface area contributed by atoms with Gasteiger partial charge in [0.25, 0.3) is 0 Å². The van der Waals surface area contributed by atoms with Gasteiger partial charge in [0.15, 0.2) is 0 Å². The molecule has 30 heavy (non-hydrogen) atoms. The molecule has 2 atom stereocenters. The van der Waals surface area contributed by atoms with Crippen LogP contribution in [0.15, 0.2) is 24.3 Å². The maximum atomic E-state index is 11.0. The Bertz CT molecular complexity index is 777. The fourth-order valence-corrected chi connectivity index (χ4v) is 4.15. The number of phenolic OH excluding ortho intramolecular Hbond substituents is 2. The van der Waals surface area contributed by atoms with Gasteiger partial charge in [0.05, 0.1) is 0 Å². The third-order valence-corrected chi connectivity index (χ3v) is 6.31. The highest BCUT2D eigenvalue weighted by Crippen LogP contribution is 2.40. The molecule has 2 aromatic rings. The molecule has 2 nitrogen and oxygen atoms in total. The number of benzene rings is 2. The first-order chi connectivity index (χ1) is 14.1. The zero-order chi connectivity index (χ0) is 22.6. The lowest BCUT2D eigenvalue weighted by Gasteiger charge is -2.21. The van der Waals surface area contributed by atoms with Crippen molar-refractivity contribution < 1.29 is 10.2 Å². The first-order valence-electron chi connectivity index (χ1n) is 11.8.